The molecule has 0 aliphatic heterocycles. The highest BCUT2D eigenvalue weighted by atomic mass is 32.2. The second-order valence-corrected chi connectivity index (χ2v) is 9.14. The lowest BCUT2D eigenvalue weighted by Gasteiger charge is -2.12. The Morgan fingerprint density at radius 1 is 1.03 bits per heavy atom. The van der Waals surface area contributed by atoms with Crippen LogP contribution in [0.4, 0.5) is 5.69 Å². The number of hydrogen-bond donors (Lipinski definition) is 1. The number of rotatable bonds is 6. The largest absolute Gasteiger partial charge is 0.448 e. The van der Waals surface area contributed by atoms with Gasteiger partial charge in [-0.2, -0.15) is 0 Å². The Kier molecular flexibility index (Phi) is 5.94. The highest BCUT2D eigenvalue weighted by molar-refractivity contribution is 7.99. The van der Waals surface area contributed by atoms with Crippen LogP contribution in [-0.4, -0.2) is 21.2 Å². The first kappa shape index (κ1) is 22.0. The first-order valence-corrected chi connectivity index (χ1v) is 11.9. The minimum atomic E-state index is -0.262. The SMILES string of the molecule is Cc1ccc(NC(=O)CSc2nc3c(oc4ccccc43)c(=O)n2Cc2ccccc2)c(C)c1. The molecule has 0 aliphatic rings. The van der Waals surface area contributed by atoms with Crippen molar-refractivity contribution in [3.63, 3.8) is 0 Å². The van der Waals surface area contributed by atoms with Gasteiger partial charge >= 0.3 is 0 Å². The van der Waals surface area contributed by atoms with E-state index in [4.69, 9.17) is 9.40 Å². The van der Waals surface area contributed by atoms with Crippen molar-refractivity contribution in [3.8, 4) is 0 Å². The Morgan fingerprint density at radius 2 is 1.79 bits per heavy atom. The van der Waals surface area contributed by atoms with Crippen molar-refractivity contribution in [1.82, 2.24) is 9.55 Å². The fraction of sp³-hybridized carbons (Fsp3) is 0.148. The van der Waals surface area contributed by atoms with E-state index in [9.17, 15) is 9.59 Å². The van der Waals surface area contributed by atoms with E-state index in [1.165, 1.54) is 11.8 Å². The molecule has 7 heteroatoms. The highest BCUT2D eigenvalue weighted by Crippen LogP contribution is 2.28. The number of nitrogens with zero attached hydrogens (tertiary/aromatic N) is 2. The highest BCUT2D eigenvalue weighted by Gasteiger charge is 2.19. The molecule has 170 valence electrons. The average molecular weight is 470 g/mol. The molecule has 0 radical (unpaired) electrons. The number of fused-ring (bicyclic) bond motifs is 3. The Bertz CT molecular complexity index is 1570. The smallest absolute Gasteiger partial charge is 0.298 e. The van der Waals surface area contributed by atoms with Crippen molar-refractivity contribution in [2.45, 2.75) is 25.5 Å². The summed E-state index contributed by atoms with van der Waals surface area (Å²) in [5, 5.41) is 4.22. The Hall–Kier alpha value is -3.84. The maximum atomic E-state index is 13.5. The molecule has 0 saturated heterocycles. The summed E-state index contributed by atoms with van der Waals surface area (Å²) < 4.78 is 7.44. The van der Waals surface area contributed by atoms with Crippen LogP contribution < -0.4 is 10.9 Å². The van der Waals surface area contributed by atoms with E-state index in [0.29, 0.717) is 22.8 Å². The maximum absolute atomic E-state index is 13.5. The zero-order valence-electron chi connectivity index (χ0n) is 18.9. The van der Waals surface area contributed by atoms with Crippen molar-refractivity contribution >= 4 is 45.4 Å². The summed E-state index contributed by atoms with van der Waals surface area (Å²) in [5.41, 5.74) is 4.97. The monoisotopic (exact) mass is 469 g/mol. The first-order chi connectivity index (χ1) is 16.5. The minimum absolute atomic E-state index is 0.121. The predicted octanol–water partition coefficient (Wildman–Crippen LogP) is 5.54. The van der Waals surface area contributed by atoms with Gasteiger partial charge in [0, 0.05) is 11.1 Å². The van der Waals surface area contributed by atoms with E-state index in [-0.39, 0.29) is 22.8 Å². The van der Waals surface area contributed by atoms with Crippen LogP contribution in [0.1, 0.15) is 16.7 Å². The van der Waals surface area contributed by atoms with E-state index < -0.39 is 0 Å². The zero-order valence-corrected chi connectivity index (χ0v) is 19.7. The molecule has 5 aromatic rings. The van der Waals surface area contributed by atoms with Gasteiger partial charge in [-0.05, 0) is 43.2 Å². The summed E-state index contributed by atoms with van der Waals surface area (Å²) in [7, 11) is 0. The number of carbonyl (C=O) groups excluding carboxylic acids is 1. The number of carbonyl (C=O) groups is 1. The average Bonchev–Trinajstić information content (AvgIpc) is 3.21. The molecule has 2 aromatic heterocycles. The topological polar surface area (TPSA) is 77.1 Å². The fourth-order valence-electron chi connectivity index (χ4n) is 3.94. The van der Waals surface area contributed by atoms with E-state index in [2.05, 4.69) is 5.32 Å². The molecule has 1 N–H and O–H groups in total. The number of furan rings is 1. The van der Waals surface area contributed by atoms with Gasteiger partial charge < -0.3 is 9.73 Å². The van der Waals surface area contributed by atoms with Crippen molar-refractivity contribution in [2.75, 3.05) is 11.1 Å². The van der Waals surface area contributed by atoms with Gasteiger partial charge in [-0.25, -0.2) is 4.98 Å². The van der Waals surface area contributed by atoms with E-state index in [0.717, 1.165) is 27.8 Å². The molecular weight excluding hydrogens is 446 g/mol. The summed E-state index contributed by atoms with van der Waals surface area (Å²) in [6.45, 7) is 4.31. The van der Waals surface area contributed by atoms with Crippen LogP contribution in [0.5, 0.6) is 0 Å². The molecule has 0 saturated carbocycles. The normalized spacial score (nSPS) is 11.2. The molecule has 0 fully saturated rings. The molecule has 6 nitrogen and oxygen atoms in total. The maximum Gasteiger partial charge on any atom is 0.298 e. The second-order valence-electron chi connectivity index (χ2n) is 8.20. The van der Waals surface area contributed by atoms with E-state index in [1.54, 1.807) is 4.57 Å². The summed E-state index contributed by atoms with van der Waals surface area (Å²) in [6, 6.07) is 23.0. The van der Waals surface area contributed by atoms with Crippen molar-refractivity contribution in [3.05, 3.63) is 99.8 Å². The van der Waals surface area contributed by atoms with Crippen LogP contribution in [0.25, 0.3) is 22.1 Å². The number of thioether (sulfide) groups is 1. The zero-order chi connectivity index (χ0) is 23.7. The number of aryl methyl sites for hydroxylation is 2. The Morgan fingerprint density at radius 3 is 2.59 bits per heavy atom. The van der Waals surface area contributed by atoms with Crippen LogP contribution in [0.15, 0.2) is 87.2 Å². The number of anilines is 1. The summed E-state index contributed by atoms with van der Waals surface area (Å²) in [4.78, 5) is 31.0. The second kappa shape index (κ2) is 9.19. The van der Waals surface area contributed by atoms with Crippen LogP contribution in [0.2, 0.25) is 0 Å². The lowest BCUT2D eigenvalue weighted by molar-refractivity contribution is -0.113. The summed E-state index contributed by atoms with van der Waals surface area (Å²) >= 11 is 1.24. The Balaban J connectivity index is 1.50. The summed E-state index contributed by atoms with van der Waals surface area (Å²) in [5.74, 6) is -0.0369. The molecule has 0 atom stereocenters. The standard InChI is InChI=1S/C27H23N3O3S/c1-17-12-13-21(18(2)14-17)28-23(31)16-34-27-29-24-20-10-6-7-11-22(20)33-25(24)26(32)30(27)15-19-8-4-3-5-9-19/h3-14H,15-16H2,1-2H3,(H,28,31). The van der Waals surface area contributed by atoms with Gasteiger partial charge in [0.1, 0.15) is 11.1 Å². The number of aromatic nitrogens is 2. The summed E-state index contributed by atoms with van der Waals surface area (Å²) in [6.07, 6.45) is 0. The number of hydrogen-bond acceptors (Lipinski definition) is 5. The molecule has 2 heterocycles. The van der Waals surface area contributed by atoms with Gasteiger partial charge in [0.05, 0.1) is 12.3 Å². The van der Waals surface area contributed by atoms with Crippen molar-refractivity contribution in [2.24, 2.45) is 0 Å². The van der Waals surface area contributed by atoms with Gasteiger partial charge in [-0.3, -0.25) is 14.2 Å². The van der Waals surface area contributed by atoms with Gasteiger partial charge in [0.25, 0.3) is 5.56 Å². The van der Waals surface area contributed by atoms with E-state index in [1.807, 2.05) is 86.6 Å². The third-order valence-corrected chi connectivity index (χ3v) is 6.60. The van der Waals surface area contributed by atoms with Crippen LogP contribution in [0, 0.1) is 13.8 Å². The molecule has 0 bridgehead atoms. The lowest BCUT2D eigenvalue weighted by Crippen LogP contribution is -2.24. The molecule has 3 aromatic carbocycles. The molecule has 0 spiro atoms. The quantitative estimate of drug-likeness (QED) is 0.261. The third-order valence-electron chi connectivity index (χ3n) is 5.62. The van der Waals surface area contributed by atoms with Gasteiger partial charge in [-0.15, -0.1) is 0 Å². The van der Waals surface area contributed by atoms with Crippen LogP contribution >= 0.6 is 11.8 Å². The Labute approximate surface area is 200 Å². The molecular formula is C27H23N3O3S. The van der Waals surface area contributed by atoms with Crippen LogP contribution in [0.3, 0.4) is 0 Å². The minimum Gasteiger partial charge on any atom is -0.448 e. The van der Waals surface area contributed by atoms with Crippen molar-refractivity contribution in [1.29, 1.82) is 0 Å². The molecule has 0 aliphatic carbocycles. The molecule has 1 amide bonds. The number of para-hydroxylation sites is 1. The third kappa shape index (κ3) is 4.34. The van der Waals surface area contributed by atoms with Gasteiger partial charge in [0.15, 0.2) is 5.16 Å². The number of benzene rings is 3. The number of nitrogens with one attached hydrogen (secondary N) is 1. The van der Waals surface area contributed by atoms with Crippen LogP contribution in [-0.2, 0) is 11.3 Å². The number of amides is 1. The lowest BCUT2D eigenvalue weighted by atomic mass is 10.1. The van der Waals surface area contributed by atoms with Crippen molar-refractivity contribution < 1.29 is 9.21 Å². The first-order valence-electron chi connectivity index (χ1n) is 11.0. The molecule has 0 unspecified atom stereocenters. The molecule has 5 rings (SSSR count). The fourth-order valence-corrected chi connectivity index (χ4v) is 4.73. The predicted molar refractivity (Wildman–Crippen MR) is 137 cm³/mol. The van der Waals surface area contributed by atoms with E-state index >= 15 is 0 Å². The molecule has 34 heavy (non-hydrogen) atoms. The van der Waals surface area contributed by atoms with Gasteiger partial charge in [0.2, 0.25) is 11.5 Å². The van der Waals surface area contributed by atoms with Gasteiger partial charge in [-0.1, -0.05) is 71.9 Å².